The maximum atomic E-state index is 12.1. The van der Waals surface area contributed by atoms with E-state index < -0.39 is 12.8 Å². The van der Waals surface area contributed by atoms with Crippen LogP contribution in [0.2, 0.25) is 0 Å². The Balaban J connectivity index is 2.52. The van der Waals surface area contributed by atoms with Crippen molar-refractivity contribution < 1.29 is 27.4 Å². The number of nitrogens with one attached hydrogen (secondary N) is 2. The fraction of sp³-hybridized carbons (Fsp3) is 0.462. The van der Waals surface area contributed by atoms with Crippen LogP contribution in [0.3, 0.4) is 0 Å². The van der Waals surface area contributed by atoms with Gasteiger partial charge in [0.05, 0.1) is 18.8 Å². The average Bonchev–Trinajstić information content (AvgIpc) is 2.42. The number of carbonyl (C=O) groups excluding carboxylic acids is 1. The van der Waals surface area contributed by atoms with Crippen molar-refractivity contribution in [1.29, 1.82) is 0 Å². The molecule has 0 saturated carbocycles. The minimum atomic E-state index is -4.43. The van der Waals surface area contributed by atoms with Crippen LogP contribution in [0.4, 0.5) is 18.9 Å². The van der Waals surface area contributed by atoms with Gasteiger partial charge >= 0.3 is 6.18 Å². The number of amides is 1. The van der Waals surface area contributed by atoms with Gasteiger partial charge in [-0.1, -0.05) is 12.1 Å². The topological polar surface area (TPSA) is 59.6 Å². The number of para-hydroxylation sites is 2. The van der Waals surface area contributed by atoms with E-state index in [-0.39, 0.29) is 23.9 Å². The van der Waals surface area contributed by atoms with Crippen LogP contribution in [-0.2, 0) is 9.53 Å². The molecule has 0 aromatic heterocycles. The molecule has 1 aromatic carbocycles. The molecule has 0 fully saturated rings. The van der Waals surface area contributed by atoms with Crippen molar-refractivity contribution in [3.63, 3.8) is 0 Å². The number of hydrogen-bond donors (Lipinski definition) is 2. The summed E-state index contributed by atoms with van der Waals surface area (Å²) in [7, 11) is 1.54. The van der Waals surface area contributed by atoms with Gasteiger partial charge in [0.1, 0.15) is 5.75 Å². The Morgan fingerprint density at radius 2 is 2.00 bits per heavy atom. The quantitative estimate of drug-likeness (QED) is 0.719. The molecule has 8 heteroatoms. The summed E-state index contributed by atoms with van der Waals surface area (Å²) in [5.41, 5.74) is 0.195. The van der Waals surface area contributed by atoms with Crippen molar-refractivity contribution in [3.05, 3.63) is 24.3 Å². The first-order valence-corrected chi connectivity index (χ1v) is 6.20. The molecular weight excluding hydrogens is 289 g/mol. The van der Waals surface area contributed by atoms with E-state index in [1.165, 1.54) is 25.3 Å². The van der Waals surface area contributed by atoms with Crippen molar-refractivity contribution in [2.75, 3.05) is 38.7 Å². The predicted molar refractivity (Wildman–Crippen MR) is 71.4 cm³/mol. The molecule has 1 aromatic rings. The van der Waals surface area contributed by atoms with Gasteiger partial charge in [-0.2, -0.15) is 13.2 Å². The van der Waals surface area contributed by atoms with Gasteiger partial charge in [0.15, 0.2) is 6.61 Å². The maximum absolute atomic E-state index is 12.1. The third-order valence-corrected chi connectivity index (χ3v) is 2.32. The molecule has 0 aliphatic rings. The van der Waals surface area contributed by atoms with E-state index in [9.17, 15) is 18.0 Å². The zero-order chi connectivity index (χ0) is 15.7. The average molecular weight is 306 g/mol. The van der Waals surface area contributed by atoms with Crippen LogP contribution in [0.5, 0.6) is 5.75 Å². The van der Waals surface area contributed by atoms with Crippen molar-refractivity contribution in [1.82, 2.24) is 5.32 Å². The molecule has 0 aliphatic heterocycles. The number of benzene rings is 1. The van der Waals surface area contributed by atoms with Crippen LogP contribution in [0.25, 0.3) is 0 Å². The van der Waals surface area contributed by atoms with Gasteiger partial charge in [-0.05, 0) is 12.1 Å². The van der Waals surface area contributed by atoms with Gasteiger partial charge in [-0.15, -0.1) is 0 Å². The number of anilines is 1. The van der Waals surface area contributed by atoms with Crippen LogP contribution in [0.15, 0.2) is 24.3 Å². The van der Waals surface area contributed by atoms with Gasteiger partial charge in [0.2, 0.25) is 5.91 Å². The van der Waals surface area contributed by atoms with Crippen molar-refractivity contribution in [2.45, 2.75) is 6.18 Å². The largest absolute Gasteiger partial charge is 0.482 e. The molecule has 1 amide bonds. The van der Waals surface area contributed by atoms with Gasteiger partial charge < -0.3 is 20.1 Å². The molecule has 1 rings (SSSR count). The van der Waals surface area contributed by atoms with Crippen LogP contribution in [0, 0.1) is 0 Å². The van der Waals surface area contributed by atoms with E-state index in [1.807, 2.05) is 0 Å². The predicted octanol–water partition coefficient (Wildman–Crippen LogP) is 1.80. The molecule has 2 N–H and O–H groups in total. The standard InChI is InChI=1S/C13H17F3N2O3/c1-20-7-6-17-8-12(19)18-10-4-2-3-5-11(10)21-9-13(14,15)16/h2-5,17H,6-9H2,1H3,(H,18,19). The van der Waals surface area contributed by atoms with E-state index in [0.29, 0.717) is 13.2 Å². The van der Waals surface area contributed by atoms with Crippen LogP contribution in [0.1, 0.15) is 0 Å². The molecule has 0 atom stereocenters. The molecule has 5 nitrogen and oxygen atoms in total. The number of alkyl halides is 3. The van der Waals surface area contributed by atoms with Gasteiger partial charge in [-0.3, -0.25) is 4.79 Å². The van der Waals surface area contributed by atoms with Gasteiger partial charge in [0.25, 0.3) is 0 Å². The first-order chi connectivity index (χ1) is 9.92. The lowest BCUT2D eigenvalue weighted by Crippen LogP contribution is -2.30. The second-order valence-electron chi connectivity index (χ2n) is 4.12. The first kappa shape index (κ1) is 17.3. The molecule has 0 aliphatic carbocycles. The molecule has 0 radical (unpaired) electrons. The Morgan fingerprint density at radius 1 is 1.29 bits per heavy atom. The Kier molecular flexibility index (Phi) is 6.97. The highest BCUT2D eigenvalue weighted by Crippen LogP contribution is 2.26. The molecule has 0 unspecified atom stereocenters. The number of carbonyl (C=O) groups is 1. The zero-order valence-corrected chi connectivity index (χ0v) is 11.5. The SMILES string of the molecule is COCCNCC(=O)Nc1ccccc1OCC(F)(F)F. The summed E-state index contributed by atoms with van der Waals surface area (Å²) in [6, 6.07) is 5.95. The van der Waals surface area contributed by atoms with E-state index in [2.05, 4.69) is 15.4 Å². The first-order valence-electron chi connectivity index (χ1n) is 6.20. The normalized spacial score (nSPS) is 11.2. The Bertz CT molecular complexity index is 453. The lowest BCUT2D eigenvalue weighted by molar-refractivity contribution is -0.153. The molecule has 0 bridgehead atoms. The van der Waals surface area contributed by atoms with Crippen LogP contribution in [-0.4, -0.2) is 45.5 Å². The van der Waals surface area contributed by atoms with E-state index in [4.69, 9.17) is 4.74 Å². The van der Waals surface area contributed by atoms with Crippen LogP contribution < -0.4 is 15.4 Å². The second kappa shape index (κ2) is 8.48. The van der Waals surface area contributed by atoms with Gasteiger partial charge in [0, 0.05) is 13.7 Å². The summed E-state index contributed by atoms with van der Waals surface area (Å²) >= 11 is 0. The fourth-order valence-corrected chi connectivity index (χ4v) is 1.43. The minimum Gasteiger partial charge on any atom is -0.482 e. The summed E-state index contributed by atoms with van der Waals surface area (Å²) in [6.07, 6.45) is -4.43. The van der Waals surface area contributed by atoms with Gasteiger partial charge in [-0.25, -0.2) is 0 Å². The van der Waals surface area contributed by atoms with Crippen molar-refractivity contribution in [2.24, 2.45) is 0 Å². The number of ether oxygens (including phenoxy) is 2. The molecule has 21 heavy (non-hydrogen) atoms. The number of methoxy groups -OCH3 is 1. The summed E-state index contributed by atoms with van der Waals surface area (Å²) < 4.78 is 45.9. The highest BCUT2D eigenvalue weighted by Gasteiger charge is 2.28. The number of halogens is 3. The minimum absolute atomic E-state index is 0.0248. The second-order valence-corrected chi connectivity index (χ2v) is 4.12. The van der Waals surface area contributed by atoms with E-state index >= 15 is 0 Å². The molecule has 118 valence electrons. The molecule has 0 saturated heterocycles. The van der Waals surface area contributed by atoms with Crippen molar-refractivity contribution in [3.8, 4) is 5.75 Å². The third-order valence-electron chi connectivity index (χ3n) is 2.32. The highest BCUT2D eigenvalue weighted by molar-refractivity contribution is 5.93. The monoisotopic (exact) mass is 306 g/mol. The number of rotatable bonds is 8. The molecule has 0 spiro atoms. The lowest BCUT2D eigenvalue weighted by atomic mass is 10.3. The summed E-state index contributed by atoms with van der Waals surface area (Å²) in [5.74, 6) is -0.408. The van der Waals surface area contributed by atoms with E-state index in [0.717, 1.165) is 0 Å². The van der Waals surface area contributed by atoms with E-state index in [1.54, 1.807) is 6.07 Å². The Labute approximate surface area is 120 Å². The fourth-order valence-electron chi connectivity index (χ4n) is 1.43. The zero-order valence-electron chi connectivity index (χ0n) is 11.5. The maximum Gasteiger partial charge on any atom is 0.422 e. The number of hydrogen-bond acceptors (Lipinski definition) is 4. The summed E-state index contributed by atoms with van der Waals surface area (Å²) in [5, 5.41) is 5.31. The lowest BCUT2D eigenvalue weighted by Gasteiger charge is -2.14. The smallest absolute Gasteiger partial charge is 0.422 e. The molecule has 0 heterocycles. The van der Waals surface area contributed by atoms with Crippen LogP contribution >= 0.6 is 0 Å². The Morgan fingerprint density at radius 3 is 2.67 bits per heavy atom. The third kappa shape index (κ3) is 7.52. The summed E-state index contributed by atoms with van der Waals surface area (Å²) in [4.78, 5) is 11.6. The van der Waals surface area contributed by atoms with Crippen molar-refractivity contribution >= 4 is 11.6 Å². The summed E-state index contributed by atoms with van der Waals surface area (Å²) in [6.45, 7) is -0.433. The Hall–Kier alpha value is -1.80. The highest BCUT2D eigenvalue weighted by atomic mass is 19.4. The molecular formula is C13H17F3N2O3.